The Balaban J connectivity index is 1.61. The number of furan rings is 1. The fraction of sp³-hybridized carbons (Fsp3) is 0.0476. The second-order valence-corrected chi connectivity index (χ2v) is 7.04. The lowest BCUT2D eigenvalue weighted by Gasteiger charge is -2.07. The molecule has 0 radical (unpaired) electrons. The van der Waals surface area contributed by atoms with Crippen LogP contribution in [0.4, 0.5) is 13.2 Å². The van der Waals surface area contributed by atoms with Gasteiger partial charge in [0.2, 0.25) is 5.90 Å². The number of carbonyl (C=O) groups is 1. The molecule has 1 aliphatic rings. The van der Waals surface area contributed by atoms with Crippen molar-refractivity contribution in [3.05, 3.63) is 87.7 Å². The summed E-state index contributed by atoms with van der Waals surface area (Å²) in [4.78, 5) is 16.3. The van der Waals surface area contributed by atoms with Gasteiger partial charge in [0.15, 0.2) is 5.70 Å². The average Bonchev–Trinajstić information content (AvgIpc) is 3.29. The molecular formula is C21H11BrF3NO3. The highest BCUT2D eigenvalue weighted by Gasteiger charge is 2.30. The van der Waals surface area contributed by atoms with Crippen LogP contribution in [0, 0.1) is 0 Å². The van der Waals surface area contributed by atoms with Crippen LogP contribution in [-0.2, 0) is 15.7 Å². The molecule has 0 bridgehead atoms. The number of carbonyl (C=O) groups excluding carboxylic acids is 1. The summed E-state index contributed by atoms with van der Waals surface area (Å²) in [5.74, 6) is 0.0370. The maximum Gasteiger partial charge on any atom is 0.416 e. The smallest absolute Gasteiger partial charge is 0.416 e. The highest BCUT2D eigenvalue weighted by molar-refractivity contribution is 9.10. The Morgan fingerprint density at radius 1 is 0.966 bits per heavy atom. The summed E-state index contributed by atoms with van der Waals surface area (Å²) in [7, 11) is 0. The summed E-state index contributed by atoms with van der Waals surface area (Å²) >= 11 is 3.32. The Labute approximate surface area is 171 Å². The van der Waals surface area contributed by atoms with E-state index in [-0.39, 0.29) is 28.7 Å². The van der Waals surface area contributed by atoms with Gasteiger partial charge >= 0.3 is 12.1 Å². The quantitative estimate of drug-likeness (QED) is 0.351. The summed E-state index contributed by atoms with van der Waals surface area (Å²) in [6.07, 6.45) is -3.07. The van der Waals surface area contributed by atoms with Gasteiger partial charge in [-0.15, -0.1) is 0 Å². The van der Waals surface area contributed by atoms with Crippen LogP contribution in [0.15, 0.2) is 80.2 Å². The number of alkyl halides is 3. The lowest BCUT2D eigenvalue weighted by atomic mass is 10.1. The van der Waals surface area contributed by atoms with Crippen molar-refractivity contribution in [1.29, 1.82) is 0 Å². The fourth-order valence-corrected chi connectivity index (χ4v) is 2.96. The Bertz CT molecular complexity index is 1140. The van der Waals surface area contributed by atoms with Crippen LogP contribution in [0.1, 0.15) is 16.9 Å². The zero-order valence-corrected chi connectivity index (χ0v) is 16.1. The number of nitrogens with zero attached hydrogens (tertiary/aromatic N) is 1. The predicted molar refractivity (Wildman–Crippen MR) is 104 cm³/mol. The molecule has 1 aliphatic heterocycles. The van der Waals surface area contributed by atoms with Crippen molar-refractivity contribution in [2.24, 2.45) is 4.99 Å². The monoisotopic (exact) mass is 461 g/mol. The van der Waals surface area contributed by atoms with Crippen LogP contribution in [-0.4, -0.2) is 11.9 Å². The summed E-state index contributed by atoms with van der Waals surface area (Å²) in [6.45, 7) is 0. The van der Waals surface area contributed by atoms with Crippen LogP contribution in [0.25, 0.3) is 17.4 Å². The third kappa shape index (κ3) is 4.17. The van der Waals surface area contributed by atoms with E-state index in [1.165, 1.54) is 24.3 Å². The molecular weight excluding hydrogens is 451 g/mol. The minimum Gasteiger partial charge on any atom is -0.457 e. The van der Waals surface area contributed by atoms with E-state index >= 15 is 0 Å². The molecule has 0 atom stereocenters. The number of aliphatic imine (C=N–C) groups is 1. The molecule has 2 aromatic carbocycles. The van der Waals surface area contributed by atoms with Gasteiger partial charge in [-0.25, -0.2) is 9.79 Å². The van der Waals surface area contributed by atoms with E-state index in [0.29, 0.717) is 5.56 Å². The lowest BCUT2D eigenvalue weighted by Crippen LogP contribution is -2.05. The molecule has 0 saturated carbocycles. The van der Waals surface area contributed by atoms with E-state index in [1.54, 1.807) is 30.3 Å². The molecule has 4 nitrogen and oxygen atoms in total. The van der Waals surface area contributed by atoms with Gasteiger partial charge in [-0.3, -0.25) is 0 Å². The van der Waals surface area contributed by atoms with Crippen LogP contribution < -0.4 is 0 Å². The number of hydrogen-bond acceptors (Lipinski definition) is 4. The first-order chi connectivity index (χ1) is 13.8. The van der Waals surface area contributed by atoms with E-state index in [1.807, 2.05) is 0 Å². The highest BCUT2D eigenvalue weighted by atomic mass is 79.9. The van der Waals surface area contributed by atoms with Crippen molar-refractivity contribution >= 4 is 33.9 Å². The van der Waals surface area contributed by atoms with E-state index < -0.39 is 17.7 Å². The largest absolute Gasteiger partial charge is 0.457 e. The van der Waals surface area contributed by atoms with Crippen molar-refractivity contribution in [2.45, 2.75) is 6.18 Å². The number of hydrogen-bond donors (Lipinski definition) is 0. The lowest BCUT2D eigenvalue weighted by molar-refractivity contribution is -0.137. The minimum atomic E-state index is -4.45. The number of rotatable bonds is 3. The highest BCUT2D eigenvalue weighted by Crippen LogP contribution is 2.33. The van der Waals surface area contributed by atoms with Crippen molar-refractivity contribution < 1.29 is 27.1 Å². The molecule has 0 saturated heterocycles. The number of cyclic esters (lactones) is 1. The van der Waals surface area contributed by atoms with E-state index in [2.05, 4.69) is 20.9 Å². The summed E-state index contributed by atoms with van der Waals surface area (Å²) in [5, 5.41) is 0. The van der Waals surface area contributed by atoms with Crippen molar-refractivity contribution in [3.63, 3.8) is 0 Å². The molecule has 3 aromatic rings. The zero-order valence-electron chi connectivity index (χ0n) is 14.5. The van der Waals surface area contributed by atoms with Crippen LogP contribution in [0.5, 0.6) is 0 Å². The first kappa shape index (κ1) is 19.2. The number of halogens is 4. The molecule has 0 N–H and O–H groups in total. The molecule has 8 heteroatoms. The minimum absolute atomic E-state index is 0.0351. The molecule has 0 unspecified atom stereocenters. The van der Waals surface area contributed by atoms with Gasteiger partial charge in [-0.2, -0.15) is 13.2 Å². The molecule has 1 aromatic heterocycles. The third-order valence-corrected chi connectivity index (χ3v) is 4.62. The maximum atomic E-state index is 12.9. The number of ether oxygens (including phenoxy) is 1. The normalized spacial score (nSPS) is 15.5. The molecule has 0 spiro atoms. The van der Waals surface area contributed by atoms with Gasteiger partial charge in [-0.1, -0.05) is 28.1 Å². The average molecular weight is 462 g/mol. The Kier molecular flexibility index (Phi) is 4.87. The topological polar surface area (TPSA) is 51.8 Å². The Morgan fingerprint density at radius 2 is 1.72 bits per heavy atom. The summed E-state index contributed by atoms with van der Waals surface area (Å²) in [5.41, 5.74) is 0.175. The van der Waals surface area contributed by atoms with Crippen molar-refractivity contribution in [1.82, 2.24) is 0 Å². The van der Waals surface area contributed by atoms with Crippen molar-refractivity contribution in [3.8, 4) is 11.3 Å². The fourth-order valence-electron chi connectivity index (χ4n) is 2.69. The van der Waals surface area contributed by atoms with Gasteiger partial charge in [0.1, 0.15) is 11.5 Å². The summed E-state index contributed by atoms with van der Waals surface area (Å²) < 4.78 is 50.3. The second kappa shape index (κ2) is 7.36. The maximum absolute atomic E-state index is 12.9. The molecule has 2 heterocycles. The van der Waals surface area contributed by atoms with Crippen LogP contribution in [0.3, 0.4) is 0 Å². The van der Waals surface area contributed by atoms with Gasteiger partial charge in [0, 0.05) is 21.7 Å². The standard InChI is InChI=1S/C21H11BrF3NO3/c22-15-6-4-12(5-7-15)19-26-17(20(27)29-19)11-16-8-9-18(28-16)13-2-1-3-14(10-13)21(23,24)25/h1-11H/b17-11+. The SMILES string of the molecule is O=C1OC(c2ccc(Br)cc2)=N/C1=C/c1ccc(-c2cccc(C(F)(F)F)c2)o1. The molecule has 0 aliphatic carbocycles. The molecule has 0 fully saturated rings. The van der Waals surface area contributed by atoms with Crippen LogP contribution in [0.2, 0.25) is 0 Å². The van der Waals surface area contributed by atoms with Gasteiger partial charge in [0.05, 0.1) is 5.56 Å². The molecule has 29 heavy (non-hydrogen) atoms. The molecule has 4 rings (SSSR count). The van der Waals surface area contributed by atoms with E-state index in [4.69, 9.17) is 9.15 Å². The first-order valence-corrected chi connectivity index (χ1v) is 9.15. The first-order valence-electron chi connectivity index (χ1n) is 8.35. The number of benzene rings is 2. The summed E-state index contributed by atoms with van der Waals surface area (Å²) in [6, 6.07) is 15.0. The van der Waals surface area contributed by atoms with Crippen molar-refractivity contribution in [2.75, 3.05) is 0 Å². The second-order valence-electron chi connectivity index (χ2n) is 6.12. The van der Waals surface area contributed by atoms with Gasteiger partial charge in [0.25, 0.3) is 0 Å². The third-order valence-electron chi connectivity index (χ3n) is 4.09. The molecule has 0 amide bonds. The number of esters is 1. The Morgan fingerprint density at radius 3 is 2.45 bits per heavy atom. The molecule has 146 valence electrons. The van der Waals surface area contributed by atoms with E-state index in [0.717, 1.165) is 16.6 Å². The predicted octanol–water partition coefficient (Wildman–Crippen LogP) is 6.07. The zero-order chi connectivity index (χ0) is 20.6. The van der Waals surface area contributed by atoms with Crippen LogP contribution >= 0.6 is 15.9 Å². The van der Waals surface area contributed by atoms with Gasteiger partial charge < -0.3 is 9.15 Å². The van der Waals surface area contributed by atoms with E-state index in [9.17, 15) is 18.0 Å². The Hall–Kier alpha value is -3.13. The van der Waals surface area contributed by atoms with Gasteiger partial charge in [-0.05, 0) is 48.5 Å².